The molecule has 128 valence electrons. The van der Waals surface area contributed by atoms with Crippen LogP contribution in [0.15, 0.2) is 32.4 Å². The Hall–Kier alpha value is -2.07. The van der Waals surface area contributed by atoms with Crippen LogP contribution in [0.3, 0.4) is 0 Å². The highest BCUT2D eigenvalue weighted by Gasteiger charge is 2.15. The first-order chi connectivity index (χ1) is 11.4. The van der Waals surface area contributed by atoms with Gasteiger partial charge in [-0.25, -0.2) is 4.98 Å². The summed E-state index contributed by atoms with van der Waals surface area (Å²) >= 11 is 6.43. The van der Waals surface area contributed by atoms with Crippen molar-refractivity contribution in [1.29, 1.82) is 0 Å². The van der Waals surface area contributed by atoms with E-state index < -0.39 is 5.91 Å². The van der Waals surface area contributed by atoms with E-state index in [-0.39, 0.29) is 17.9 Å². The molecule has 0 aliphatic rings. The summed E-state index contributed by atoms with van der Waals surface area (Å²) in [4.78, 5) is 18.8. The largest absolute Gasteiger partial charge is 0.506 e. The topological polar surface area (TPSA) is 137 Å². The van der Waals surface area contributed by atoms with E-state index in [9.17, 15) is 9.90 Å². The van der Waals surface area contributed by atoms with Crippen LogP contribution in [0.25, 0.3) is 0 Å². The highest BCUT2D eigenvalue weighted by atomic mass is 79.9. The number of benzene rings is 1. The summed E-state index contributed by atoms with van der Waals surface area (Å²) in [5.41, 5.74) is 6.91. The van der Waals surface area contributed by atoms with Crippen molar-refractivity contribution >= 4 is 49.4 Å². The Morgan fingerprint density at radius 3 is 2.58 bits per heavy atom. The number of hydrogen-bond donors (Lipinski definition) is 5. The molecule has 1 aromatic heterocycles. The molecule has 0 aliphatic heterocycles. The van der Waals surface area contributed by atoms with Crippen molar-refractivity contribution in [1.82, 2.24) is 15.3 Å². The highest BCUT2D eigenvalue weighted by molar-refractivity contribution is 9.11. The number of carbonyl (C=O) groups is 1. The number of aromatic hydroxyl groups is 1. The predicted octanol–water partition coefficient (Wildman–Crippen LogP) is 1.95. The van der Waals surface area contributed by atoms with Gasteiger partial charge in [-0.1, -0.05) is 5.16 Å². The van der Waals surface area contributed by atoms with Crippen molar-refractivity contribution in [3.8, 4) is 5.75 Å². The molecule has 1 heterocycles. The number of nitrogens with zero attached hydrogens (tertiary/aromatic N) is 2. The number of nitrogen functional groups attached to an aromatic ring is 1. The Labute approximate surface area is 154 Å². The van der Waals surface area contributed by atoms with Gasteiger partial charge in [0, 0.05) is 25.1 Å². The first-order valence-electron chi connectivity index (χ1n) is 6.86. The average Bonchev–Trinajstić information content (AvgIpc) is 2.95. The molecule has 0 saturated heterocycles. The maximum atomic E-state index is 12.1. The quantitative estimate of drug-likeness (QED) is 0.255. The van der Waals surface area contributed by atoms with Crippen molar-refractivity contribution < 1.29 is 15.1 Å². The van der Waals surface area contributed by atoms with Gasteiger partial charge in [-0.15, -0.1) is 0 Å². The fourth-order valence-corrected chi connectivity index (χ4v) is 3.27. The predicted molar refractivity (Wildman–Crippen MR) is 96.1 cm³/mol. The van der Waals surface area contributed by atoms with Gasteiger partial charge in [-0.2, -0.15) is 0 Å². The summed E-state index contributed by atoms with van der Waals surface area (Å²) in [5, 5.41) is 24.5. The number of hydrogen-bond acceptors (Lipinski definition) is 6. The molecule has 24 heavy (non-hydrogen) atoms. The monoisotopic (exact) mass is 459 g/mol. The third kappa shape index (κ3) is 4.71. The van der Waals surface area contributed by atoms with Crippen molar-refractivity contribution in [3.63, 3.8) is 0 Å². The lowest BCUT2D eigenvalue weighted by atomic mass is 10.1. The molecule has 0 unspecified atom stereocenters. The Balaban J connectivity index is 1.94. The Kier molecular flexibility index (Phi) is 6.21. The number of H-pyrrole nitrogens is 1. The van der Waals surface area contributed by atoms with Crippen LogP contribution in [0, 0.1) is 0 Å². The van der Waals surface area contributed by atoms with E-state index in [2.05, 4.69) is 52.3 Å². The number of phenolic OH excluding ortho intramolecular Hbond substituents is 1. The molecule has 0 bridgehead atoms. The van der Waals surface area contributed by atoms with E-state index in [0.717, 1.165) is 5.69 Å². The van der Waals surface area contributed by atoms with Crippen LogP contribution in [-0.2, 0) is 17.6 Å². The highest BCUT2D eigenvalue weighted by Crippen LogP contribution is 2.33. The average molecular weight is 461 g/mol. The van der Waals surface area contributed by atoms with Gasteiger partial charge in [0.2, 0.25) is 0 Å². The van der Waals surface area contributed by atoms with Gasteiger partial charge in [0.1, 0.15) is 11.5 Å². The lowest BCUT2D eigenvalue weighted by molar-refractivity contribution is -0.115. The zero-order valence-electron chi connectivity index (χ0n) is 12.4. The number of anilines is 1. The number of amides is 1. The van der Waals surface area contributed by atoms with Crippen LogP contribution in [0.5, 0.6) is 5.75 Å². The number of halogens is 2. The van der Waals surface area contributed by atoms with E-state index in [4.69, 9.17) is 10.9 Å². The standard InChI is InChI=1S/C14H15Br2N5O3/c15-9-3-7(4-10(16)12(9)22)5-11(21-24)13(23)18-2-1-8-6-19-14(17)20-8/h3-4,6,22,24H,1-2,5H2,(H,18,23)(H3,17,19,20). The van der Waals surface area contributed by atoms with Gasteiger partial charge in [-0.3, -0.25) is 4.79 Å². The molecule has 10 heteroatoms. The van der Waals surface area contributed by atoms with E-state index in [1.807, 2.05) is 0 Å². The number of phenols is 1. The Bertz CT molecular complexity index is 753. The summed E-state index contributed by atoms with van der Waals surface area (Å²) in [6, 6.07) is 3.29. The zero-order valence-corrected chi connectivity index (χ0v) is 15.6. The normalized spacial score (nSPS) is 11.5. The van der Waals surface area contributed by atoms with E-state index in [0.29, 0.717) is 33.4 Å². The SMILES string of the molecule is Nc1ncc(CCNC(=O)C(Cc2cc(Br)c(O)c(Br)c2)=NO)[nH]1. The summed E-state index contributed by atoms with van der Waals surface area (Å²) in [6.45, 7) is 0.336. The number of imidazole rings is 1. The number of carbonyl (C=O) groups excluding carboxylic acids is 1. The van der Waals surface area contributed by atoms with Crippen LogP contribution in [0.2, 0.25) is 0 Å². The van der Waals surface area contributed by atoms with Crippen LogP contribution in [0.1, 0.15) is 11.3 Å². The molecular weight excluding hydrogens is 446 g/mol. The molecule has 0 fully saturated rings. The first-order valence-corrected chi connectivity index (χ1v) is 8.44. The lowest BCUT2D eigenvalue weighted by Crippen LogP contribution is -2.33. The maximum absolute atomic E-state index is 12.1. The number of nitrogens with two attached hydrogens (primary N) is 1. The van der Waals surface area contributed by atoms with Gasteiger partial charge in [-0.05, 0) is 49.6 Å². The second kappa shape index (κ2) is 8.15. The molecule has 0 spiro atoms. The number of nitrogens with one attached hydrogen (secondary N) is 2. The molecule has 1 amide bonds. The summed E-state index contributed by atoms with van der Waals surface area (Å²) < 4.78 is 0.947. The molecular formula is C14H15Br2N5O3. The molecule has 8 nitrogen and oxygen atoms in total. The minimum absolute atomic E-state index is 0.0383. The van der Waals surface area contributed by atoms with E-state index >= 15 is 0 Å². The van der Waals surface area contributed by atoms with Crippen molar-refractivity contribution in [2.75, 3.05) is 12.3 Å². The van der Waals surface area contributed by atoms with Crippen molar-refractivity contribution in [3.05, 3.63) is 38.5 Å². The zero-order chi connectivity index (χ0) is 17.7. The Morgan fingerprint density at radius 1 is 1.38 bits per heavy atom. The summed E-state index contributed by atoms with van der Waals surface area (Å²) in [5.74, 6) is -0.104. The van der Waals surface area contributed by atoms with E-state index in [1.165, 1.54) is 0 Å². The summed E-state index contributed by atoms with van der Waals surface area (Å²) in [6.07, 6.45) is 2.22. The van der Waals surface area contributed by atoms with Crippen LogP contribution >= 0.6 is 31.9 Å². The second-order valence-electron chi connectivity index (χ2n) is 4.93. The van der Waals surface area contributed by atoms with Gasteiger partial charge in [0.05, 0.1) is 15.1 Å². The Morgan fingerprint density at radius 2 is 2.04 bits per heavy atom. The van der Waals surface area contributed by atoms with Crippen LogP contribution in [0.4, 0.5) is 5.95 Å². The van der Waals surface area contributed by atoms with E-state index in [1.54, 1.807) is 18.3 Å². The van der Waals surface area contributed by atoms with Gasteiger partial charge in [0.25, 0.3) is 5.91 Å². The lowest BCUT2D eigenvalue weighted by Gasteiger charge is -2.08. The molecule has 0 radical (unpaired) electrons. The minimum Gasteiger partial charge on any atom is -0.506 e. The number of aromatic nitrogens is 2. The molecule has 6 N–H and O–H groups in total. The van der Waals surface area contributed by atoms with Gasteiger partial charge < -0.3 is 26.3 Å². The van der Waals surface area contributed by atoms with Crippen LogP contribution < -0.4 is 11.1 Å². The van der Waals surface area contributed by atoms with Gasteiger partial charge in [0.15, 0.2) is 5.95 Å². The number of aromatic amines is 1. The first kappa shape index (κ1) is 18.3. The van der Waals surface area contributed by atoms with Crippen molar-refractivity contribution in [2.45, 2.75) is 12.8 Å². The second-order valence-corrected chi connectivity index (χ2v) is 6.64. The smallest absolute Gasteiger partial charge is 0.269 e. The molecule has 0 aliphatic carbocycles. The number of rotatable bonds is 6. The molecule has 0 atom stereocenters. The third-order valence-electron chi connectivity index (χ3n) is 3.16. The van der Waals surface area contributed by atoms with Crippen LogP contribution in [-0.4, -0.2) is 38.4 Å². The molecule has 1 aromatic carbocycles. The maximum Gasteiger partial charge on any atom is 0.269 e. The van der Waals surface area contributed by atoms with Crippen molar-refractivity contribution in [2.24, 2.45) is 5.16 Å². The fourth-order valence-electron chi connectivity index (χ4n) is 1.99. The minimum atomic E-state index is -0.481. The third-order valence-corrected chi connectivity index (χ3v) is 4.37. The number of oxime groups is 1. The summed E-state index contributed by atoms with van der Waals surface area (Å²) in [7, 11) is 0. The molecule has 2 aromatic rings. The molecule has 0 saturated carbocycles. The van der Waals surface area contributed by atoms with Gasteiger partial charge >= 0.3 is 0 Å². The fraction of sp³-hybridized carbons (Fsp3) is 0.214. The molecule has 2 rings (SSSR count).